The first kappa shape index (κ1) is 24.6. The summed E-state index contributed by atoms with van der Waals surface area (Å²) in [6.07, 6.45) is -0.863. The highest BCUT2D eigenvalue weighted by molar-refractivity contribution is 5.84. The quantitative estimate of drug-likeness (QED) is 0.427. The number of alkyl halides is 2. The second-order valence-electron chi connectivity index (χ2n) is 7.76. The van der Waals surface area contributed by atoms with Gasteiger partial charge in [0, 0.05) is 12.2 Å². The van der Waals surface area contributed by atoms with E-state index in [1.165, 1.54) is 24.3 Å². The standard InChI is InChI=1S/C22H29F2N3O4/c1-14(2)19(13-31-12-16-5-3-4-10-26-16)27-21(30)22(23,24)20(29)18(25)11-15-6-8-17(28)9-7-15/h3-10,14,18-20,28-29H,11-13,25H2,1-2H3,(H,27,30)/t18?,19-,20?/m0/s1. The lowest BCUT2D eigenvalue weighted by molar-refractivity contribution is -0.167. The van der Waals surface area contributed by atoms with Crippen LogP contribution in [0.5, 0.6) is 5.75 Å². The smallest absolute Gasteiger partial charge is 0.351 e. The number of benzene rings is 1. The largest absolute Gasteiger partial charge is 0.508 e. The van der Waals surface area contributed by atoms with E-state index in [9.17, 15) is 23.8 Å². The molecule has 1 aromatic heterocycles. The molecule has 0 aliphatic carbocycles. The lowest BCUT2D eigenvalue weighted by Gasteiger charge is -2.29. The summed E-state index contributed by atoms with van der Waals surface area (Å²) < 4.78 is 34.7. The Morgan fingerprint density at radius 2 is 1.90 bits per heavy atom. The molecule has 2 rings (SSSR count). The van der Waals surface area contributed by atoms with Crippen LogP contribution >= 0.6 is 0 Å². The first-order chi connectivity index (χ1) is 14.6. The minimum atomic E-state index is -4.09. The van der Waals surface area contributed by atoms with Gasteiger partial charge in [0.1, 0.15) is 11.9 Å². The number of carbonyl (C=O) groups is 1. The molecule has 0 spiro atoms. The lowest BCUT2D eigenvalue weighted by Crippen LogP contribution is -2.58. The number of ether oxygens (including phenoxy) is 1. The van der Waals surface area contributed by atoms with Crippen LogP contribution in [0.3, 0.4) is 0 Å². The van der Waals surface area contributed by atoms with E-state index >= 15 is 0 Å². The molecule has 1 aromatic carbocycles. The van der Waals surface area contributed by atoms with E-state index in [2.05, 4.69) is 10.3 Å². The Morgan fingerprint density at radius 3 is 2.48 bits per heavy atom. The number of nitrogens with zero attached hydrogens (tertiary/aromatic N) is 1. The monoisotopic (exact) mass is 437 g/mol. The number of amides is 1. The van der Waals surface area contributed by atoms with Gasteiger partial charge in [-0.25, -0.2) is 0 Å². The van der Waals surface area contributed by atoms with Gasteiger partial charge in [-0.2, -0.15) is 8.78 Å². The molecule has 0 aliphatic heterocycles. The van der Waals surface area contributed by atoms with Crippen LogP contribution < -0.4 is 11.1 Å². The van der Waals surface area contributed by atoms with Crippen molar-refractivity contribution < 1.29 is 28.5 Å². The summed E-state index contributed by atoms with van der Waals surface area (Å²) >= 11 is 0. The number of nitrogens with two attached hydrogens (primary N) is 1. The van der Waals surface area contributed by atoms with Crippen molar-refractivity contribution >= 4 is 5.91 Å². The minimum Gasteiger partial charge on any atom is -0.508 e. The maximum absolute atomic E-state index is 14.6. The Kier molecular flexibility index (Phi) is 8.85. The number of hydrogen-bond acceptors (Lipinski definition) is 6. The number of pyridine rings is 1. The molecule has 2 unspecified atom stereocenters. The molecule has 0 saturated carbocycles. The van der Waals surface area contributed by atoms with Gasteiger partial charge in [0.05, 0.1) is 24.9 Å². The van der Waals surface area contributed by atoms with Gasteiger partial charge in [-0.3, -0.25) is 9.78 Å². The Balaban J connectivity index is 1.94. The lowest BCUT2D eigenvalue weighted by atomic mass is 9.96. The van der Waals surface area contributed by atoms with Crippen LogP contribution in [0.25, 0.3) is 0 Å². The number of aromatic hydroxyl groups is 1. The second-order valence-corrected chi connectivity index (χ2v) is 7.76. The predicted octanol–water partition coefficient (Wildman–Crippen LogP) is 2.01. The minimum absolute atomic E-state index is 0.00567. The van der Waals surface area contributed by atoms with Crippen molar-refractivity contribution in [2.24, 2.45) is 11.7 Å². The van der Waals surface area contributed by atoms with Gasteiger partial charge in [0.25, 0.3) is 5.91 Å². The third-order valence-corrected chi connectivity index (χ3v) is 4.88. The highest BCUT2D eigenvalue weighted by Crippen LogP contribution is 2.24. The van der Waals surface area contributed by atoms with Gasteiger partial charge in [-0.15, -0.1) is 0 Å². The Labute approximate surface area is 180 Å². The third kappa shape index (κ3) is 7.23. The summed E-state index contributed by atoms with van der Waals surface area (Å²) in [6, 6.07) is 9.04. The molecule has 1 amide bonds. The zero-order valence-electron chi connectivity index (χ0n) is 17.5. The summed E-state index contributed by atoms with van der Waals surface area (Å²) in [5.41, 5.74) is 6.97. The molecule has 3 atom stereocenters. The number of rotatable bonds is 11. The molecule has 0 fully saturated rings. The molecule has 9 heteroatoms. The van der Waals surface area contributed by atoms with Crippen LogP contribution in [0.1, 0.15) is 25.1 Å². The van der Waals surface area contributed by atoms with Gasteiger partial charge in [-0.05, 0) is 42.2 Å². The SMILES string of the molecule is CC(C)[C@H](COCc1ccccn1)NC(=O)C(F)(F)C(O)C(N)Cc1ccc(O)cc1. The fourth-order valence-corrected chi connectivity index (χ4v) is 2.86. The highest BCUT2D eigenvalue weighted by Gasteiger charge is 2.49. The van der Waals surface area contributed by atoms with Gasteiger partial charge >= 0.3 is 5.92 Å². The number of nitrogens with one attached hydrogen (secondary N) is 1. The van der Waals surface area contributed by atoms with Crippen molar-refractivity contribution in [1.29, 1.82) is 0 Å². The number of hydrogen-bond donors (Lipinski definition) is 4. The number of aromatic nitrogens is 1. The van der Waals surface area contributed by atoms with E-state index in [4.69, 9.17) is 10.5 Å². The number of phenolic OH excluding ortho intramolecular Hbond substituents is 1. The van der Waals surface area contributed by atoms with Gasteiger partial charge < -0.3 is 26.0 Å². The normalized spacial score (nSPS) is 14.8. The zero-order valence-corrected chi connectivity index (χ0v) is 17.5. The maximum atomic E-state index is 14.6. The van der Waals surface area contributed by atoms with Crippen molar-refractivity contribution in [3.63, 3.8) is 0 Å². The molecule has 1 heterocycles. The molecule has 7 nitrogen and oxygen atoms in total. The average Bonchev–Trinajstić information content (AvgIpc) is 2.74. The fraction of sp³-hybridized carbons (Fsp3) is 0.455. The second kappa shape index (κ2) is 11.1. The van der Waals surface area contributed by atoms with E-state index < -0.39 is 30.0 Å². The third-order valence-electron chi connectivity index (χ3n) is 4.88. The van der Waals surface area contributed by atoms with E-state index in [-0.39, 0.29) is 31.3 Å². The number of aliphatic hydroxyl groups is 1. The molecule has 170 valence electrons. The fourth-order valence-electron chi connectivity index (χ4n) is 2.86. The number of aliphatic hydroxyl groups excluding tert-OH is 1. The summed E-state index contributed by atoms with van der Waals surface area (Å²) in [4.78, 5) is 16.4. The number of carbonyl (C=O) groups excluding carboxylic acids is 1. The van der Waals surface area contributed by atoms with E-state index in [0.29, 0.717) is 11.3 Å². The van der Waals surface area contributed by atoms with Crippen LogP contribution in [-0.4, -0.2) is 51.8 Å². The number of halogens is 2. The van der Waals surface area contributed by atoms with Crippen molar-refractivity contribution in [1.82, 2.24) is 10.3 Å². The predicted molar refractivity (Wildman–Crippen MR) is 111 cm³/mol. The van der Waals surface area contributed by atoms with Crippen LogP contribution in [0.4, 0.5) is 8.78 Å². The topological polar surface area (TPSA) is 118 Å². The summed E-state index contributed by atoms with van der Waals surface area (Å²) in [6.45, 7) is 3.71. The zero-order chi connectivity index (χ0) is 23.0. The van der Waals surface area contributed by atoms with Crippen LogP contribution in [0, 0.1) is 5.92 Å². The summed E-state index contributed by atoms with van der Waals surface area (Å²) in [7, 11) is 0. The van der Waals surface area contributed by atoms with E-state index in [1.54, 1.807) is 38.2 Å². The Bertz CT molecular complexity index is 819. The molecular formula is C22H29F2N3O4. The summed E-state index contributed by atoms with van der Waals surface area (Å²) in [5, 5.41) is 21.6. The Morgan fingerprint density at radius 1 is 1.23 bits per heavy atom. The van der Waals surface area contributed by atoms with Crippen molar-refractivity contribution in [2.45, 2.75) is 51.0 Å². The van der Waals surface area contributed by atoms with Crippen molar-refractivity contribution in [3.8, 4) is 5.75 Å². The molecule has 31 heavy (non-hydrogen) atoms. The molecular weight excluding hydrogens is 408 g/mol. The van der Waals surface area contributed by atoms with E-state index in [1.807, 2.05) is 0 Å². The maximum Gasteiger partial charge on any atom is 0.351 e. The van der Waals surface area contributed by atoms with Gasteiger partial charge in [0.2, 0.25) is 0 Å². The van der Waals surface area contributed by atoms with Crippen LogP contribution in [0.15, 0.2) is 48.7 Å². The molecule has 0 bridgehead atoms. The van der Waals surface area contributed by atoms with Crippen molar-refractivity contribution in [2.75, 3.05) is 6.61 Å². The van der Waals surface area contributed by atoms with Crippen LogP contribution in [0.2, 0.25) is 0 Å². The summed E-state index contributed by atoms with van der Waals surface area (Å²) in [5.74, 6) is -5.87. The molecule has 2 aromatic rings. The average molecular weight is 437 g/mol. The van der Waals surface area contributed by atoms with E-state index in [0.717, 1.165) is 0 Å². The number of phenols is 1. The molecule has 5 N–H and O–H groups in total. The van der Waals surface area contributed by atoms with Crippen LogP contribution in [-0.2, 0) is 22.6 Å². The first-order valence-corrected chi connectivity index (χ1v) is 9.99. The van der Waals surface area contributed by atoms with Gasteiger partial charge in [0.15, 0.2) is 0 Å². The Hall–Kier alpha value is -2.62. The van der Waals surface area contributed by atoms with Crippen molar-refractivity contribution in [3.05, 3.63) is 59.9 Å². The molecule has 0 radical (unpaired) electrons. The molecule has 0 aliphatic rings. The van der Waals surface area contributed by atoms with Gasteiger partial charge in [-0.1, -0.05) is 32.0 Å². The molecule has 0 saturated heterocycles. The first-order valence-electron chi connectivity index (χ1n) is 9.99. The highest BCUT2D eigenvalue weighted by atomic mass is 19.3.